The van der Waals surface area contributed by atoms with Crippen molar-refractivity contribution in [1.82, 2.24) is 10.2 Å². The van der Waals surface area contributed by atoms with Gasteiger partial charge in [-0.3, -0.25) is 4.79 Å². The molecule has 1 rings (SSSR count). The number of carbonyl (C=O) groups is 1. The summed E-state index contributed by atoms with van der Waals surface area (Å²) in [5, 5.41) is 20.7. The minimum Gasteiger partial charge on any atom is -0.340 e. The van der Waals surface area contributed by atoms with Crippen molar-refractivity contribution in [3.05, 3.63) is 0 Å². The van der Waals surface area contributed by atoms with Gasteiger partial charge < -0.3 is 10.2 Å². The molecular weight excluding hydrogens is 240 g/mol. The van der Waals surface area contributed by atoms with Crippen LogP contribution in [0.15, 0.2) is 0 Å². The lowest BCUT2D eigenvalue weighted by Gasteiger charge is -2.36. The first-order valence-corrected chi connectivity index (χ1v) is 6.82. The normalized spacial score (nSPS) is 21.9. The van der Waals surface area contributed by atoms with E-state index in [1.54, 1.807) is 4.90 Å². The van der Waals surface area contributed by atoms with Gasteiger partial charge in [-0.25, -0.2) is 0 Å². The summed E-state index contributed by atoms with van der Waals surface area (Å²) in [6.07, 6.45) is 1.47. The molecule has 0 aromatic carbocycles. The lowest BCUT2D eigenvalue weighted by Crippen LogP contribution is -2.48. The second-order valence-corrected chi connectivity index (χ2v) is 5.35. The summed E-state index contributed by atoms with van der Waals surface area (Å²) < 4.78 is 0. The molecule has 0 aromatic rings. The molecule has 19 heavy (non-hydrogen) atoms. The summed E-state index contributed by atoms with van der Waals surface area (Å²) in [5.41, 5.74) is -0.370. The highest BCUT2D eigenvalue weighted by molar-refractivity contribution is 5.83. The SMILES string of the molecule is CC(C)C1(C(=O)N(CCC#N)CCC#N)CCNC1. The molecule has 0 aliphatic carbocycles. The van der Waals surface area contributed by atoms with Crippen molar-refractivity contribution in [1.29, 1.82) is 10.5 Å². The zero-order chi connectivity index (χ0) is 14.3. The van der Waals surface area contributed by atoms with Crippen LogP contribution in [0.4, 0.5) is 0 Å². The monoisotopic (exact) mass is 262 g/mol. The Hall–Kier alpha value is -1.59. The maximum absolute atomic E-state index is 12.8. The third-order valence-electron chi connectivity index (χ3n) is 3.99. The average Bonchev–Trinajstić information content (AvgIpc) is 2.89. The zero-order valence-electron chi connectivity index (χ0n) is 11.8. The molecule has 5 heteroatoms. The summed E-state index contributed by atoms with van der Waals surface area (Å²) >= 11 is 0. The summed E-state index contributed by atoms with van der Waals surface area (Å²) in [4.78, 5) is 14.5. The van der Waals surface area contributed by atoms with Crippen molar-refractivity contribution in [2.45, 2.75) is 33.1 Å². The molecule has 1 atom stereocenters. The molecule has 0 radical (unpaired) electrons. The number of rotatable bonds is 6. The van der Waals surface area contributed by atoms with Gasteiger partial charge in [0.2, 0.25) is 5.91 Å². The average molecular weight is 262 g/mol. The van der Waals surface area contributed by atoms with Crippen LogP contribution < -0.4 is 5.32 Å². The molecule has 0 aromatic heterocycles. The topological polar surface area (TPSA) is 79.9 Å². The van der Waals surface area contributed by atoms with E-state index in [1.807, 2.05) is 0 Å². The first-order chi connectivity index (χ1) is 9.08. The fourth-order valence-corrected chi connectivity index (χ4v) is 2.63. The largest absolute Gasteiger partial charge is 0.340 e. The predicted octanol–water partition coefficient (Wildman–Crippen LogP) is 1.28. The third-order valence-corrected chi connectivity index (χ3v) is 3.99. The van der Waals surface area contributed by atoms with E-state index < -0.39 is 0 Å². The van der Waals surface area contributed by atoms with Gasteiger partial charge in [-0.05, 0) is 18.9 Å². The Morgan fingerprint density at radius 3 is 2.26 bits per heavy atom. The smallest absolute Gasteiger partial charge is 0.230 e. The second kappa shape index (κ2) is 7.11. The van der Waals surface area contributed by atoms with Crippen molar-refractivity contribution >= 4 is 5.91 Å². The Balaban J connectivity index is 2.84. The molecule has 5 nitrogen and oxygen atoms in total. The second-order valence-electron chi connectivity index (χ2n) is 5.35. The number of nitrogens with zero attached hydrogens (tertiary/aromatic N) is 3. The number of hydrogen-bond acceptors (Lipinski definition) is 4. The van der Waals surface area contributed by atoms with Crippen LogP contribution in [-0.2, 0) is 4.79 Å². The van der Waals surface area contributed by atoms with Gasteiger partial charge in [-0.2, -0.15) is 10.5 Å². The van der Waals surface area contributed by atoms with Crippen LogP contribution in [-0.4, -0.2) is 37.0 Å². The van der Waals surface area contributed by atoms with Crippen LogP contribution in [0.2, 0.25) is 0 Å². The molecule has 1 amide bonds. The van der Waals surface area contributed by atoms with Gasteiger partial charge in [0.25, 0.3) is 0 Å². The standard InChI is InChI=1S/C14H22N4O/c1-12(2)14(5-8-17-11-14)13(19)18(9-3-6-15)10-4-7-16/h12,17H,3-5,8-11H2,1-2H3. The van der Waals surface area contributed by atoms with E-state index in [2.05, 4.69) is 31.3 Å². The maximum atomic E-state index is 12.8. The maximum Gasteiger partial charge on any atom is 0.230 e. The van der Waals surface area contributed by atoms with E-state index in [0.717, 1.165) is 13.0 Å². The predicted molar refractivity (Wildman–Crippen MR) is 71.8 cm³/mol. The molecule has 1 unspecified atom stereocenters. The summed E-state index contributed by atoms with van der Waals surface area (Å²) in [6, 6.07) is 4.14. The van der Waals surface area contributed by atoms with E-state index >= 15 is 0 Å². The van der Waals surface area contributed by atoms with Crippen LogP contribution in [0.1, 0.15) is 33.1 Å². The molecule has 0 saturated carbocycles. The van der Waals surface area contributed by atoms with E-state index in [9.17, 15) is 4.79 Å². The van der Waals surface area contributed by atoms with Crippen LogP contribution in [0.25, 0.3) is 0 Å². The fourth-order valence-electron chi connectivity index (χ4n) is 2.63. The van der Waals surface area contributed by atoms with Crippen molar-refractivity contribution in [2.24, 2.45) is 11.3 Å². The first-order valence-electron chi connectivity index (χ1n) is 6.82. The lowest BCUT2D eigenvalue weighted by molar-refractivity contribution is -0.143. The van der Waals surface area contributed by atoms with Crippen LogP contribution >= 0.6 is 0 Å². The molecule has 1 fully saturated rings. The summed E-state index contributed by atoms with van der Waals surface area (Å²) in [7, 11) is 0. The van der Waals surface area contributed by atoms with Crippen LogP contribution in [0, 0.1) is 34.0 Å². The molecule has 1 aliphatic rings. The Labute approximate surface area is 115 Å². The number of hydrogen-bond donors (Lipinski definition) is 1. The Kier molecular flexibility index (Phi) is 5.79. The van der Waals surface area contributed by atoms with Crippen molar-refractivity contribution in [2.75, 3.05) is 26.2 Å². The van der Waals surface area contributed by atoms with E-state index in [0.29, 0.717) is 32.5 Å². The van der Waals surface area contributed by atoms with Gasteiger partial charge in [-0.15, -0.1) is 0 Å². The molecule has 1 heterocycles. The molecule has 104 valence electrons. The Morgan fingerprint density at radius 2 is 1.89 bits per heavy atom. The van der Waals surface area contributed by atoms with Gasteiger partial charge in [0.05, 0.1) is 30.4 Å². The van der Waals surface area contributed by atoms with E-state index in [-0.39, 0.29) is 17.2 Å². The van der Waals surface area contributed by atoms with Crippen molar-refractivity contribution in [3.8, 4) is 12.1 Å². The van der Waals surface area contributed by atoms with Crippen LogP contribution in [0.3, 0.4) is 0 Å². The van der Waals surface area contributed by atoms with Gasteiger partial charge in [-0.1, -0.05) is 13.8 Å². The highest BCUT2D eigenvalue weighted by Gasteiger charge is 2.45. The van der Waals surface area contributed by atoms with Crippen molar-refractivity contribution < 1.29 is 4.79 Å². The first kappa shape index (κ1) is 15.5. The summed E-state index contributed by atoms with van der Waals surface area (Å²) in [5.74, 6) is 0.347. The van der Waals surface area contributed by atoms with Gasteiger partial charge in [0.15, 0.2) is 0 Å². The third kappa shape index (κ3) is 3.45. The van der Waals surface area contributed by atoms with Crippen molar-refractivity contribution in [3.63, 3.8) is 0 Å². The molecule has 1 saturated heterocycles. The summed E-state index contributed by atoms with van der Waals surface area (Å²) in [6.45, 7) is 6.53. The Morgan fingerprint density at radius 1 is 1.32 bits per heavy atom. The van der Waals surface area contributed by atoms with E-state index in [1.165, 1.54) is 0 Å². The number of nitriles is 2. The number of amides is 1. The molecular formula is C14H22N4O. The Bertz CT molecular complexity index is 367. The molecule has 1 N–H and O–H groups in total. The van der Waals surface area contributed by atoms with Gasteiger partial charge >= 0.3 is 0 Å². The highest BCUT2D eigenvalue weighted by atomic mass is 16.2. The van der Waals surface area contributed by atoms with E-state index in [4.69, 9.17) is 10.5 Å². The minimum absolute atomic E-state index is 0.0954. The molecule has 1 aliphatic heterocycles. The minimum atomic E-state index is -0.370. The zero-order valence-corrected chi connectivity index (χ0v) is 11.8. The fraction of sp³-hybridized carbons (Fsp3) is 0.786. The van der Waals surface area contributed by atoms with Crippen LogP contribution in [0.5, 0.6) is 0 Å². The quantitative estimate of drug-likeness (QED) is 0.782. The number of nitrogens with one attached hydrogen (secondary N) is 1. The highest BCUT2D eigenvalue weighted by Crippen LogP contribution is 2.36. The molecule has 0 bridgehead atoms. The lowest BCUT2D eigenvalue weighted by atomic mass is 9.75. The number of carbonyl (C=O) groups excluding carboxylic acids is 1. The molecule has 0 spiro atoms. The van der Waals surface area contributed by atoms with Gasteiger partial charge in [0, 0.05) is 19.6 Å². The van der Waals surface area contributed by atoms with Gasteiger partial charge in [0.1, 0.15) is 0 Å².